The van der Waals surface area contributed by atoms with E-state index < -0.39 is 23.0 Å². The second-order valence-electron chi connectivity index (χ2n) is 10.5. The van der Waals surface area contributed by atoms with Crippen LogP contribution in [0.2, 0.25) is 33.2 Å². The minimum absolute atomic E-state index is 0.637. The summed E-state index contributed by atoms with van der Waals surface area (Å²) in [4.78, 5) is 0. The lowest BCUT2D eigenvalue weighted by Gasteiger charge is -2.59. The summed E-state index contributed by atoms with van der Waals surface area (Å²) in [5.74, 6) is 0. The molecule has 0 spiro atoms. The molecule has 0 atom stereocenters. The van der Waals surface area contributed by atoms with E-state index in [1.54, 1.807) is 5.19 Å². The molecule has 0 heterocycles. The maximum absolute atomic E-state index is 2.58. The Balaban J connectivity index is 4.07. The van der Waals surface area contributed by atoms with Crippen LogP contribution in [0.25, 0.3) is 0 Å². The van der Waals surface area contributed by atoms with Gasteiger partial charge in [-0.05, 0) is 0 Å². The summed E-state index contributed by atoms with van der Waals surface area (Å²) in [5.41, 5.74) is 5.05. The van der Waals surface area contributed by atoms with Crippen LogP contribution in [0.4, 0.5) is 0 Å². The molecule has 0 aliphatic rings. The van der Waals surface area contributed by atoms with Crippen LogP contribution in [0.15, 0.2) is 30.3 Å². The fourth-order valence-corrected chi connectivity index (χ4v) is 59.9. The van der Waals surface area contributed by atoms with Crippen LogP contribution < -0.4 is 5.19 Å². The van der Waals surface area contributed by atoms with Gasteiger partial charge in [-0.25, -0.2) is 0 Å². The van der Waals surface area contributed by atoms with Gasteiger partial charge in [-0.2, -0.15) is 0 Å². The Morgan fingerprint density at radius 1 is 0.481 bits per heavy atom. The molecular formula is C24H47Si3. The summed E-state index contributed by atoms with van der Waals surface area (Å²) in [6, 6.07) is 11.9. The number of hydrogen-bond donors (Lipinski definition) is 0. The molecule has 1 aromatic rings. The van der Waals surface area contributed by atoms with E-state index in [0.717, 1.165) is 33.2 Å². The van der Waals surface area contributed by atoms with Crippen molar-refractivity contribution in [2.45, 2.75) is 116 Å². The molecule has 3 heteroatoms. The van der Waals surface area contributed by atoms with E-state index in [0.29, 0.717) is 0 Å². The molecule has 0 nitrogen and oxygen atoms in total. The van der Waals surface area contributed by atoms with Gasteiger partial charge in [0.05, 0.1) is 23.0 Å². The topological polar surface area (TPSA) is 0 Å². The monoisotopic (exact) mass is 419 g/mol. The third-order valence-corrected chi connectivity index (χ3v) is 46.9. The molecular weight excluding hydrogens is 373 g/mol. The third-order valence-electron chi connectivity index (χ3n) is 7.66. The van der Waals surface area contributed by atoms with Crippen molar-refractivity contribution in [3.8, 4) is 0 Å². The molecule has 1 aromatic carbocycles. The molecule has 1 rings (SSSR count). The Morgan fingerprint density at radius 3 is 0.963 bits per heavy atom. The van der Waals surface area contributed by atoms with Crippen molar-refractivity contribution < 1.29 is 0 Å². The Labute approximate surface area is 174 Å². The van der Waals surface area contributed by atoms with E-state index in [1.165, 1.54) is 0 Å². The van der Waals surface area contributed by atoms with E-state index in [1.807, 2.05) is 0 Å². The average Bonchev–Trinajstić information content (AvgIpc) is 2.53. The van der Waals surface area contributed by atoms with Gasteiger partial charge < -0.3 is 0 Å². The number of benzene rings is 1. The van der Waals surface area contributed by atoms with Gasteiger partial charge in [0, 0.05) is 0 Å². The first kappa shape index (κ1) is 24.9. The Bertz CT molecular complexity index is 483. The first-order chi connectivity index (χ1) is 12.4. The van der Waals surface area contributed by atoms with Gasteiger partial charge in [0.1, 0.15) is 0 Å². The SMILES string of the molecule is CC(C)[Si](C(C)C)(C(C)C)[Si](c1ccccc1)[Si](C(C)C)(C(C)C)C(C)C. The Hall–Kier alpha value is -0.129. The highest BCUT2D eigenvalue weighted by Crippen LogP contribution is 2.52. The summed E-state index contributed by atoms with van der Waals surface area (Å²) >= 11 is 0. The number of hydrogen-bond acceptors (Lipinski definition) is 0. The molecule has 0 amide bonds. The predicted molar refractivity (Wildman–Crippen MR) is 134 cm³/mol. The van der Waals surface area contributed by atoms with Crippen LogP contribution in [-0.4, -0.2) is 23.0 Å². The minimum atomic E-state index is -1.56. The van der Waals surface area contributed by atoms with Gasteiger partial charge in [0.15, 0.2) is 0 Å². The summed E-state index contributed by atoms with van der Waals surface area (Å²) in [6.45, 7) is 31.0. The van der Waals surface area contributed by atoms with Crippen LogP contribution in [0.3, 0.4) is 0 Å². The highest BCUT2D eigenvalue weighted by Gasteiger charge is 2.62. The lowest BCUT2D eigenvalue weighted by molar-refractivity contribution is 0.831. The van der Waals surface area contributed by atoms with Crippen molar-refractivity contribution in [1.29, 1.82) is 0 Å². The molecule has 0 aromatic heterocycles. The van der Waals surface area contributed by atoms with E-state index >= 15 is 0 Å². The lowest BCUT2D eigenvalue weighted by Crippen LogP contribution is -2.78. The van der Waals surface area contributed by atoms with Crippen LogP contribution in [0, 0.1) is 0 Å². The summed E-state index contributed by atoms with van der Waals surface area (Å²) in [7, 11) is -3.75. The van der Waals surface area contributed by atoms with E-state index in [2.05, 4.69) is 113 Å². The van der Waals surface area contributed by atoms with Crippen LogP contribution in [0.1, 0.15) is 83.1 Å². The Morgan fingerprint density at radius 2 is 0.741 bits per heavy atom. The van der Waals surface area contributed by atoms with Crippen molar-refractivity contribution in [2.75, 3.05) is 0 Å². The van der Waals surface area contributed by atoms with Crippen molar-refractivity contribution in [3.05, 3.63) is 30.3 Å². The molecule has 0 saturated carbocycles. The summed E-state index contributed by atoms with van der Waals surface area (Å²) < 4.78 is 0. The van der Waals surface area contributed by atoms with Gasteiger partial charge >= 0.3 is 0 Å². The van der Waals surface area contributed by atoms with E-state index in [9.17, 15) is 0 Å². The molecule has 0 fully saturated rings. The molecule has 155 valence electrons. The van der Waals surface area contributed by atoms with Crippen molar-refractivity contribution in [3.63, 3.8) is 0 Å². The van der Waals surface area contributed by atoms with Gasteiger partial charge in [-0.3, -0.25) is 0 Å². The summed E-state index contributed by atoms with van der Waals surface area (Å²) in [6.07, 6.45) is 0. The largest absolute Gasteiger partial charge is 0.0727 e. The molecule has 0 N–H and O–H groups in total. The fraction of sp³-hybridized carbons (Fsp3) is 0.750. The zero-order valence-corrected chi connectivity index (χ0v) is 23.4. The van der Waals surface area contributed by atoms with Crippen LogP contribution in [-0.2, 0) is 0 Å². The van der Waals surface area contributed by atoms with E-state index in [-0.39, 0.29) is 0 Å². The van der Waals surface area contributed by atoms with Crippen LogP contribution >= 0.6 is 0 Å². The molecule has 0 unspecified atom stereocenters. The first-order valence-electron chi connectivity index (χ1n) is 11.3. The van der Waals surface area contributed by atoms with Crippen LogP contribution in [0.5, 0.6) is 0 Å². The number of rotatable bonds is 9. The van der Waals surface area contributed by atoms with Gasteiger partial charge in [-0.15, -0.1) is 0 Å². The van der Waals surface area contributed by atoms with Gasteiger partial charge in [-0.1, -0.05) is 152 Å². The molecule has 1 radical (unpaired) electrons. The first-order valence-corrected chi connectivity index (χ1v) is 19.3. The lowest BCUT2D eigenvalue weighted by atomic mass is 10.4. The van der Waals surface area contributed by atoms with Gasteiger partial charge in [0.2, 0.25) is 0 Å². The molecule has 0 aliphatic carbocycles. The molecule has 27 heavy (non-hydrogen) atoms. The maximum Gasteiger partial charge on any atom is 0.0727 e. The minimum Gasteiger partial charge on any atom is -0.0670 e. The quantitative estimate of drug-likeness (QED) is 0.357. The highest BCUT2D eigenvalue weighted by atomic mass is 29.6. The highest BCUT2D eigenvalue weighted by molar-refractivity contribution is 7.66. The molecule has 0 saturated heterocycles. The van der Waals surface area contributed by atoms with Gasteiger partial charge in [0.25, 0.3) is 0 Å². The van der Waals surface area contributed by atoms with Crippen molar-refractivity contribution in [1.82, 2.24) is 0 Å². The summed E-state index contributed by atoms with van der Waals surface area (Å²) in [5, 5.41) is 1.77. The molecule has 0 aliphatic heterocycles. The third kappa shape index (κ3) is 4.11. The van der Waals surface area contributed by atoms with Crippen molar-refractivity contribution >= 4 is 28.2 Å². The second kappa shape index (κ2) is 9.58. The van der Waals surface area contributed by atoms with Crippen molar-refractivity contribution in [2.24, 2.45) is 0 Å². The zero-order valence-electron chi connectivity index (χ0n) is 20.4. The standard InChI is InChI=1S/C24H47Si3/c1-18(2)26(19(3)4,20(5)6)25(24-16-14-13-15-17-24)27(21(7)8,22(9)10)23(11)12/h13-23H,1-12H3. The van der Waals surface area contributed by atoms with E-state index in [4.69, 9.17) is 0 Å². The maximum atomic E-state index is 2.58. The predicted octanol–water partition coefficient (Wildman–Crippen LogP) is 7.90. The normalized spacial score (nSPS) is 14.0. The molecule has 0 bridgehead atoms. The average molecular weight is 420 g/mol. The Kier molecular flexibility index (Phi) is 8.84. The second-order valence-corrected chi connectivity index (χ2v) is 32.2. The smallest absolute Gasteiger partial charge is 0.0670 e. The fourth-order valence-electron chi connectivity index (χ4n) is 7.21. The zero-order chi connectivity index (χ0) is 21.2.